The van der Waals surface area contributed by atoms with Gasteiger partial charge in [0.25, 0.3) is 0 Å². The SMILES string of the molecule is CCCCCCCCCCCCCCCCCCCCCCCCC(=O)OC[C@H](COP(=O)(O)OC[C@@H](O)COP(=O)(O)OC[C@@H](COC(=O)CCCCCCCCC(C)CC)OC(=O)CCCCCCCCCCCCCCCC(C)C)OC(=O)CCCCCCCCCCCCCCCCCCCCC(C)CC. The smallest absolute Gasteiger partial charge is 0.462 e. The number of unbranched alkanes of at least 4 members (excludes halogenated alkanes) is 55. The Kier molecular flexibility index (Phi) is 79.4. The van der Waals surface area contributed by atoms with Crippen molar-refractivity contribution < 1.29 is 80.2 Å². The molecule has 0 spiro atoms. The number of ether oxygens (including phenoxy) is 4. The molecule has 3 N–H and O–H groups in total. The topological polar surface area (TPSA) is 237 Å². The summed E-state index contributed by atoms with van der Waals surface area (Å²) >= 11 is 0. The van der Waals surface area contributed by atoms with Crippen molar-refractivity contribution >= 4 is 39.5 Å². The lowest BCUT2D eigenvalue weighted by Gasteiger charge is -2.21. The van der Waals surface area contributed by atoms with E-state index >= 15 is 0 Å². The number of esters is 4. The first-order valence-electron chi connectivity index (χ1n) is 46.9. The molecular weight excluding hydrogens is 1430 g/mol. The molecule has 0 aliphatic rings. The molecule has 110 heavy (non-hydrogen) atoms. The van der Waals surface area contributed by atoms with E-state index in [0.29, 0.717) is 25.7 Å². The predicted molar refractivity (Wildman–Crippen MR) is 455 cm³/mol. The molecule has 17 nitrogen and oxygen atoms in total. The standard InChI is InChI=1S/C91H178O17P2/c1-8-11-12-13-14-15-16-17-18-19-20-21-22-23-27-30-35-40-45-50-58-65-72-88(93)101-78-86(107-90(95)74-67-60-51-46-41-36-31-28-25-24-26-29-34-39-44-49-56-63-70-83(6)9-2)80-105-109(97,98)103-76-85(92)77-104-110(99,100)106-81-87(79-102-89(94)73-66-59-54-53-57-64-71-84(7)10-3)108-91(96)75-68-61-52-47-42-37-32-33-38-43-48-55-62-69-82(4)5/h82-87,92H,8-81H2,1-7H3,(H,97,98)(H,99,100)/t83?,84?,85-,86-,87-/m1/s1. The molecule has 0 radical (unpaired) electrons. The van der Waals surface area contributed by atoms with Crippen LogP contribution >= 0.6 is 15.6 Å². The van der Waals surface area contributed by atoms with Crippen LogP contribution in [0, 0.1) is 17.8 Å². The van der Waals surface area contributed by atoms with Crippen LogP contribution in [0.5, 0.6) is 0 Å². The van der Waals surface area contributed by atoms with Gasteiger partial charge < -0.3 is 33.8 Å². The first kappa shape index (κ1) is 108. The third-order valence-electron chi connectivity index (χ3n) is 22.1. The summed E-state index contributed by atoms with van der Waals surface area (Å²) in [5, 5.41) is 10.7. The average molecular weight is 1610 g/mol. The Labute approximate surface area is 677 Å². The molecule has 0 fully saturated rings. The van der Waals surface area contributed by atoms with E-state index in [4.69, 9.17) is 37.0 Å². The van der Waals surface area contributed by atoms with Gasteiger partial charge in [-0.25, -0.2) is 9.13 Å². The maximum Gasteiger partial charge on any atom is 0.472 e. The van der Waals surface area contributed by atoms with Gasteiger partial charge in [-0.2, -0.15) is 0 Å². The summed E-state index contributed by atoms with van der Waals surface area (Å²) < 4.78 is 69.0. The molecule has 0 aliphatic carbocycles. The van der Waals surface area contributed by atoms with E-state index in [1.807, 2.05) is 0 Å². The number of hydrogen-bond donors (Lipinski definition) is 3. The van der Waals surface area contributed by atoms with Crippen molar-refractivity contribution in [2.75, 3.05) is 39.6 Å². The number of aliphatic hydroxyl groups is 1. The number of phosphoric acid groups is 2. The third-order valence-corrected chi connectivity index (χ3v) is 24.0. The van der Waals surface area contributed by atoms with Crippen molar-refractivity contribution in [1.29, 1.82) is 0 Å². The monoisotopic (exact) mass is 1610 g/mol. The summed E-state index contributed by atoms with van der Waals surface area (Å²) in [6.07, 6.45) is 73.8. The second kappa shape index (κ2) is 80.8. The van der Waals surface area contributed by atoms with Gasteiger partial charge in [-0.05, 0) is 43.4 Å². The molecule has 19 heteroatoms. The van der Waals surface area contributed by atoms with Crippen molar-refractivity contribution in [3.8, 4) is 0 Å². The van der Waals surface area contributed by atoms with Gasteiger partial charge in [-0.15, -0.1) is 0 Å². The van der Waals surface area contributed by atoms with Crippen LogP contribution in [-0.2, 0) is 65.4 Å². The maximum absolute atomic E-state index is 13.2. The van der Waals surface area contributed by atoms with Crippen LogP contribution in [0.15, 0.2) is 0 Å². The van der Waals surface area contributed by atoms with E-state index < -0.39 is 97.5 Å². The van der Waals surface area contributed by atoms with Crippen molar-refractivity contribution in [1.82, 2.24) is 0 Å². The predicted octanol–water partition coefficient (Wildman–Crippen LogP) is 28.0. The normalized spacial score (nSPS) is 14.3. The molecule has 0 aliphatic heterocycles. The Morgan fingerprint density at radius 1 is 0.264 bits per heavy atom. The molecule has 0 amide bonds. The Balaban J connectivity index is 5.21. The summed E-state index contributed by atoms with van der Waals surface area (Å²) in [5.41, 5.74) is 0. The summed E-state index contributed by atoms with van der Waals surface area (Å²) in [6.45, 7) is 12.0. The molecule has 0 aromatic heterocycles. The van der Waals surface area contributed by atoms with Crippen LogP contribution < -0.4 is 0 Å². The number of phosphoric ester groups is 2. The minimum Gasteiger partial charge on any atom is -0.462 e. The van der Waals surface area contributed by atoms with Gasteiger partial charge in [-0.3, -0.25) is 37.3 Å². The highest BCUT2D eigenvalue weighted by Crippen LogP contribution is 2.45. The van der Waals surface area contributed by atoms with E-state index in [1.54, 1.807) is 0 Å². The highest BCUT2D eigenvalue weighted by atomic mass is 31.2. The van der Waals surface area contributed by atoms with Crippen LogP contribution in [-0.4, -0.2) is 96.7 Å². The number of carbonyl (C=O) groups is 4. The lowest BCUT2D eigenvalue weighted by Crippen LogP contribution is -2.30. The van der Waals surface area contributed by atoms with Gasteiger partial charge in [0.1, 0.15) is 19.3 Å². The lowest BCUT2D eigenvalue weighted by atomic mass is 9.99. The van der Waals surface area contributed by atoms with E-state index in [9.17, 15) is 43.2 Å². The molecule has 4 unspecified atom stereocenters. The zero-order valence-electron chi connectivity index (χ0n) is 72.7. The van der Waals surface area contributed by atoms with Gasteiger partial charge in [0.2, 0.25) is 0 Å². The van der Waals surface area contributed by atoms with Gasteiger partial charge in [-0.1, -0.05) is 434 Å². The van der Waals surface area contributed by atoms with Gasteiger partial charge in [0.05, 0.1) is 26.4 Å². The Bertz CT molecular complexity index is 2120. The first-order chi connectivity index (χ1) is 53.3. The Hall–Kier alpha value is -1.94. The van der Waals surface area contributed by atoms with Crippen LogP contribution in [0.1, 0.15) is 485 Å². The maximum atomic E-state index is 13.2. The summed E-state index contributed by atoms with van der Waals surface area (Å²) in [7, 11) is -9.94. The number of aliphatic hydroxyl groups excluding tert-OH is 1. The van der Waals surface area contributed by atoms with E-state index in [2.05, 4.69) is 48.5 Å². The molecule has 0 rings (SSSR count). The number of rotatable bonds is 89. The van der Waals surface area contributed by atoms with Gasteiger partial charge in [0, 0.05) is 25.7 Å². The Morgan fingerprint density at radius 2 is 0.464 bits per heavy atom. The van der Waals surface area contributed by atoms with E-state index in [1.165, 1.54) is 289 Å². The van der Waals surface area contributed by atoms with Crippen molar-refractivity contribution in [3.63, 3.8) is 0 Å². The highest BCUT2D eigenvalue weighted by Gasteiger charge is 2.31. The minimum atomic E-state index is -4.97. The van der Waals surface area contributed by atoms with Gasteiger partial charge >= 0.3 is 39.5 Å². The molecular formula is C91H178O17P2. The molecule has 7 atom stereocenters. The summed E-state index contributed by atoms with van der Waals surface area (Å²) in [5.74, 6) is 0.286. The van der Waals surface area contributed by atoms with Crippen molar-refractivity contribution in [2.24, 2.45) is 17.8 Å². The highest BCUT2D eigenvalue weighted by molar-refractivity contribution is 7.47. The van der Waals surface area contributed by atoms with Crippen LogP contribution in [0.3, 0.4) is 0 Å². The lowest BCUT2D eigenvalue weighted by molar-refractivity contribution is -0.161. The fraction of sp³-hybridized carbons (Fsp3) is 0.956. The quantitative estimate of drug-likeness (QED) is 0.0222. The van der Waals surface area contributed by atoms with Crippen LogP contribution in [0.25, 0.3) is 0 Å². The molecule has 0 aromatic carbocycles. The minimum absolute atomic E-state index is 0.107. The molecule has 0 aromatic rings. The largest absolute Gasteiger partial charge is 0.472 e. The molecule has 0 bridgehead atoms. The number of hydrogen-bond acceptors (Lipinski definition) is 15. The van der Waals surface area contributed by atoms with Gasteiger partial charge in [0.15, 0.2) is 12.2 Å². The summed E-state index contributed by atoms with van der Waals surface area (Å²) in [4.78, 5) is 73.4. The second-order valence-corrected chi connectivity index (χ2v) is 36.6. The zero-order chi connectivity index (χ0) is 80.8. The van der Waals surface area contributed by atoms with Crippen molar-refractivity contribution in [3.05, 3.63) is 0 Å². The van der Waals surface area contributed by atoms with E-state index in [0.717, 1.165) is 114 Å². The zero-order valence-corrected chi connectivity index (χ0v) is 74.5. The Morgan fingerprint density at radius 3 is 0.691 bits per heavy atom. The fourth-order valence-corrected chi connectivity index (χ4v) is 15.8. The number of carbonyl (C=O) groups excluding carboxylic acids is 4. The van der Waals surface area contributed by atoms with Crippen molar-refractivity contribution in [2.45, 2.75) is 503 Å². The summed E-state index contributed by atoms with van der Waals surface area (Å²) in [6, 6.07) is 0. The van der Waals surface area contributed by atoms with E-state index in [-0.39, 0.29) is 25.7 Å². The van der Waals surface area contributed by atoms with Crippen LogP contribution in [0.2, 0.25) is 0 Å². The molecule has 0 saturated carbocycles. The molecule has 0 saturated heterocycles. The first-order valence-corrected chi connectivity index (χ1v) is 49.9. The molecule has 0 heterocycles. The average Bonchev–Trinajstić information content (AvgIpc) is 0.898. The third kappa shape index (κ3) is 81.2. The fourth-order valence-electron chi connectivity index (χ4n) is 14.2. The van der Waals surface area contributed by atoms with Crippen LogP contribution in [0.4, 0.5) is 0 Å². The molecule has 654 valence electrons. The second-order valence-electron chi connectivity index (χ2n) is 33.7.